The normalized spacial score (nSPS) is 19.9. The number of carbonyl (C=O) groups is 1. The number of amides is 1. The van der Waals surface area contributed by atoms with Crippen molar-refractivity contribution in [3.05, 3.63) is 75.2 Å². The van der Waals surface area contributed by atoms with E-state index in [1.165, 1.54) is 15.8 Å². The zero-order valence-electron chi connectivity index (χ0n) is 18.2. The predicted molar refractivity (Wildman–Crippen MR) is 113 cm³/mol. The number of aryl methyl sites for hydroxylation is 2. The van der Waals surface area contributed by atoms with Crippen molar-refractivity contribution in [3.63, 3.8) is 0 Å². The van der Waals surface area contributed by atoms with Crippen LogP contribution in [0.3, 0.4) is 0 Å². The number of benzene rings is 1. The minimum Gasteiger partial charge on any atom is -0.490 e. The van der Waals surface area contributed by atoms with Crippen LogP contribution < -0.4 is 10.3 Å². The molecule has 0 aliphatic carbocycles. The highest BCUT2D eigenvalue weighted by Crippen LogP contribution is 2.46. The maximum atomic E-state index is 13.6. The Kier molecular flexibility index (Phi) is 4.66. The summed E-state index contributed by atoms with van der Waals surface area (Å²) in [6, 6.07) is 4.71. The second kappa shape index (κ2) is 7.23. The summed E-state index contributed by atoms with van der Waals surface area (Å²) in [5, 5.41) is 0. The van der Waals surface area contributed by atoms with E-state index < -0.39 is 29.7 Å². The van der Waals surface area contributed by atoms with E-state index >= 15 is 0 Å². The number of imidazole rings is 1. The number of nitrogens with zero attached hydrogens (tertiary/aromatic N) is 4. The summed E-state index contributed by atoms with van der Waals surface area (Å²) in [4.78, 5) is 32.3. The van der Waals surface area contributed by atoms with Gasteiger partial charge in [0, 0.05) is 24.3 Å². The lowest BCUT2D eigenvalue weighted by Gasteiger charge is -2.39. The molecule has 0 radical (unpaired) electrons. The number of alkyl halides is 3. The van der Waals surface area contributed by atoms with Crippen molar-refractivity contribution in [2.24, 2.45) is 0 Å². The van der Waals surface area contributed by atoms with E-state index in [-0.39, 0.29) is 30.2 Å². The van der Waals surface area contributed by atoms with Crippen molar-refractivity contribution < 1.29 is 22.7 Å². The smallest absolute Gasteiger partial charge is 0.419 e. The van der Waals surface area contributed by atoms with Crippen LogP contribution in [0.15, 0.2) is 41.6 Å². The number of hydrogen-bond donors (Lipinski definition) is 0. The summed E-state index contributed by atoms with van der Waals surface area (Å²) in [7, 11) is 0. The van der Waals surface area contributed by atoms with Gasteiger partial charge in [-0.3, -0.25) is 9.59 Å². The van der Waals surface area contributed by atoms with Crippen LogP contribution in [0.1, 0.15) is 45.8 Å². The minimum absolute atomic E-state index is 0.0748. The van der Waals surface area contributed by atoms with Gasteiger partial charge in [0.15, 0.2) is 0 Å². The Labute approximate surface area is 187 Å². The topological polar surface area (TPSA) is 69.4 Å². The van der Waals surface area contributed by atoms with Crippen LogP contribution >= 0.6 is 0 Å². The van der Waals surface area contributed by atoms with Gasteiger partial charge in [-0.2, -0.15) is 13.2 Å². The summed E-state index contributed by atoms with van der Waals surface area (Å²) in [6.07, 6.45) is -1.31. The van der Waals surface area contributed by atoms with Crippen LogP contribution in [0, 0.1) is 13.8 Å². The average molecular weight is 458 g/mol. The lowest BCUT2D eigenvalue weighted by molar-refractivity contribution is -0.138. The second-order valence-corrected chi connectivity index (χ2v) is 8.56. The molecule has 0 N–H and O–H groups in total. The molecule has 0 saturated heterocycles. The molecule has 33 heavy (non-hydrogen) atoms. The Balaban J connectivity index is 1.56. The van der Waals surface area contributed by atoms with E-state index in [1.807, 2.05) is 6.92 Å². The maximum absolute atomic E-state index is 13.6. The van der Waals surface area contributed by atoms with Crippen LogP contribution in [-0.2, 0) is 12.7 Å². The number of hydrogen-bond acceptors (Lipinski definition) is 4. The fourth-order valence-electron chi connectivity index (χ4n) is 4.72. The lowest BCUT2D eigenvalue weighted by Crippen LogP contribution is -2.51. The van der Waals surface area contributed by atoms with Gasteiger partial charge in [0.25, 0.3) is 11.5 Å². The predicted octanol–water partition coefficient (Wildman–Crippen LogP) is 3.65. The number of rotatable bonds is 2. The van der Waals surface area contributed by atoms with E-state index in [1.54, 1.807) is 42.8 Å². The molecule has 0 saturated carbocycles. The molecule has 2 aromatic heterocycles. The Morgan fingerprint density at radius 1 is 1.15 bits per heavy atom. The third-order valence-corrected chi connectivity index (χ3v) is 6.17. The van der Waals surface area contributed by atoms with E-state index in [9.17, 15) is 22.8 Å². The van der Waals surface area contributed by atoms with Crippen LogP contribution in [-0.4, -0.2) is 37.6 Å². The van der Waals surface area contributed by atoms with Gasteiger partial charge < -0.3 is 18.8 Å². The Bertz CT molecular complexity index is 1340. The molecule has 1 aromatic carbocycles. The summed E-state index contributed by atoms with van der Waals surface area (Å²) in [5.74, 6) is -0.650. The molecule has 7 nitrogen and oxygen atoms in total. The quantitative estimate of drug-likeness (QED) is 0.588. The van der Waals surface area contributed by atoms with E-state index in [0.717, 1.165) is 11.8 Å². The molecule has 172 valence electrons. The molecule has 4 heterocycles. The molecular weight excluding hydrogens is 437 g/mol. The van der Waals surface area contributed by atoms with Gasteiger partial charge >= 0.3 is 6.18 Å². The van der Waals surface area contributed by atoms with Gasteiger partial charge in [-0.15, -0.1) is 0 Å². The van der Waals surface area contributed by atoms with Gasteiger partial charge in [-0.25, -0.2) is 4.98 Å². The number of pyridine rings is 1. The highest BCUT2D eigenvalue weighted by molar-refractivity contribution is 5.94. The number of fused-ring (bicyclic) bond motifs is 2. The van der Waals surface area contributed by atoms with E-state index in [4.69, 9.17) is 4.74 Å². The first-order valence-corrected chi connectivity index (χ1v) is 10.5. The largest absolute Gasteiger partial charge is 0.490 e. The zero-order valence-corrected chi connectivity index (χ0v) is 18.2. The summed E-state index contributed by atoms with van der Waals surface area (Å²) in [6.45, 7) is 5.31. The second-order valence-electron chi connectivity index (χ2n) is 8.56. The molecule has 3 aromatic rings. The highest BCUT2D eigenvalue weighted by Gasteiger charge is 2.44. The number of halogens is 3. The summed E-state index contributed by atoms with van der Waals surface area (Å²) < 4.78 is 49.2. The Morgan fingerprint density at radius 2 is 1.91 bits per heavy atom. The van der Waals surface area contributed by atoms with E-state index in [0.29, 0.717) is 16.8 Å². The monoisotopic (exact) mass is 458 g/mol. The van der Waals surface area contributed by atoms with Crippen LogP contribution in [0.5, 0.6) is 5.75 Å². The lowest BCUT2D eigenvalue weighted by atomic mass is 9.98. The maximum Gasteiger partial charge on any atom is 0.419 e. The fourth-order valence-corrected chi connectivity index (χ4v) is 4.72. The molecular formula is C23H21F3N4O3. The van der Waals surface area contributed by atoms with Crippen molar-refractivity contribution in [2.45, 2.75) is 45.6 Å². The molecule has 5 rings (SSSR count). The first-order valence-electron chi connectivity index (χ1n) is 10.5. The summed E-state index contributed by atoms with van der Waals surface area (Å²) in [5.41, 5.74) is 0.913. The van der Waals surface area contributed by atoms with Crippen molar-refractivity contribution in [1.29, 1.82) is 0 Å². The van der Waals surface area contributed by atoms with Gasteiger partial charge in [0.2, 0.25) is 0 Å². The molecule has 0 spiro atoms. The number of ether oxygens (including phenoxy) is 1. The minimum atomic E-state index is -4.56. The molecule has 2 aliphatic heterocycles. The third kappa shape index (κ3) is 3.32. The Morgan fingerprint density at radius 3 is 2.58 bits per heavy atom. The zero-order chi connectivity index (χ0) is 23.7. The summed E-state index contributed by atoms with van der Waals surface area (Å²) >= 11 is 0. The molecule has 2 unspecified atom stereocenters. The van der Waals surface area contributed by atoms with Crippen LogP contribution in [0.4, 0.5) is 13.2 Å². The Hall–Kier alpha value is -3.56. The first kappa shape index (κ1) is 21.3. The van der Waals surface area contributed by atoms with Crippen LogP contribution in [0.25, 0.3) is 5.69 Å². The van der Waals surface area contributed by atoms with Crippen molar-refractivity contribution in [3.8, 4) is 11.4 Å². The van der Waals surface area contributed by atoms with Crippen LogP contribution in [0.2, 0.25) is 0 Å². The number of carbonyl (C=O) groups excluding carboxylic acids is 1. The van der Waals surface area contributed by atoms with Gasteiger partial charge in [0.05, 0.1) is 23.6 Å². The molecule has 2 aliphatic rings. The van der Waals surface area contributed by atoms with Crippen molar-refractivity contribution >= 4 is 5.91 Å². The molecule has 10 heteroatoms. The van der Waals surface area contributed by atoms with E-state index in [2.05, 4.69) is 4.98 Å². The third-order valence-electron chi connectivity index (χ3n) is 6.17. The van der Waals surface area contributed by atoms with Gasteiger partial charge in [-0.05, 0) is 44.5 Å². The van der Waals surface area contributed by atoms with Crippen molar-refractivity contribution in [1.82, 2.24) is 19.0 Å². The van der Waals surface area contributed by atoms with Gasteiger partial charge in [-0.1, -0.05) is 6.07 Å². The molecule has 0 bridgehead atoms. The molecule has 1 amide bonds. The van der Waals surface area contributed by atoms with Crippen molar-refractivity contribution in [2.75, 3.05) is 6.61 Å². The highest BCUT2D eigenvalue weighted by atomic mass is 19.4. The molecule has 0 fully saturated rings. The van der Waals surface area contributed by atoms with Gasteiger partial charge in [0.1, 0.15) is 23.7 Å². The number of aromatic nitrogens is 3. The molecule has 2 atom stereocenters. The standard InChI is InChI=1S/C23H21F3N4O3/c1-12-6-15-19(10-33-20(15)16(7-12)23(24,25)26)30-14(3)9-29-18(22(30)32)5-4-17(21(29)31)28-8-13(2)27-11-28/h4-8,11,14,19H,9-10H2,1-3H3. The average Bonchev–Trinajstić information content (AvgIpc) is 3.34. The SMILES string of the molecule is Cc1cc2c(c(C(F)(F)F)c1)OCC2N1C(=O)c2ccc(-n3cnc(C)c3)c(=O)n2CC1C. The fraction of sp³-hybridized carbons (Fsp3) is 0.348. The first-order chi connectivity index (χ1) is 15.6.